The van der Waals surface area contributed by atoms with Crippen LogP contribution in [-0.2, 0) is 20.7 Å². The minimum absolute atomic E-state index is 0.0153. The van der Waals surface area contributed by atoms with Crippen LogP contribution in [0.25, 0.3) is 0 Å². The highest BCUT2D eigenvalue weighted by Gasteiger charge is 2.14. The van der Waals surface area contributed by atoms with Crippen molar-refractivity contribution in [3.8, 4) is 5.75 Å². The molecule has 0 amide bonds. The predicted molar refractivity (Wildman–Crippen MR) is 109 cm³/mol. The van der Waals surface area contributed by atoms with Gasteiger partial charge in [0.05, 0.1) is 12.8 Å². The molecule has 0 unspecified atom stereocenters. The Kier molecular flexibility index (Phi) is 8.18. The maximum Gasteiger partial charge on any atom is 0.344 e. The first-order chi connectivity index (χ1) is 13.4. The van der Waals surface area contributed by atoms with Gasteiger partial charge < -0.3 is 9.47 Å². The van der Waals surface area contributed by atoms with Gasteiger partial charge in [0.1, 0.15) is 11.5 Å². The third-order valence-corrected chi connectivity index (χ3v) is 4.51. The zero-order chi connectivity index (χ0) is 20.5. The Morgan fingerprint density at radius 1 is 1.04 bits per heavy atom. The smallest absolute Gasteiger partial charge is 0.344 e. The Balaban J connectivity index is 1.85. The van der Waals surface area contributed by atoms with Crippen molar-refractivity contribution in [3.63, 3.8) is 0 Å². The Morgan fingerprint density at radius 3 is 2.32 bits per heavy atom. The number of esters is 1. The Bertz CT molecular complexity index is 766. The normalized spacial score (nSPS) is 11.9. The molecule has 1 aromatic carbocycles. The molecular formula is C23H29NO4. The van der Waals surface area contributed by atoms with Crippen molar-refractivity contribution in [2.75, 3.05) is 13.2 Å². The monoisotopic (exact) mass is 383 g/mol. The van der Waals surface area contributed by atoms with E-state index in [1.807, 2.05) is 25.1 Å². The van der Waals surface area contributed by atoms with E-state index in [9.17, 15) is 9.59 Å². The van der Waals surface area contributed by atoms with Crippen LogP contribution in [0.2, 0.25) is 0 Å². The van der Waals surface area contributed by atoms with Crippen molar-refractivity contribution in [2.24, 2.45) is 0 Å². The maximum atomic E-state index is 12.4. The fourth-order valence-electron chi connectivity index (χ4n) is 2.88. The lowest BCUT2D eigenvalue weighted by Gasteiger charge is -2.12. The van der Waals surface area contributed by atoms with Gasteiger partial charge in [-0.2, -0.15) is 0 Å². The quantitative estimate of drug-likeness (QED) is 0.567. The molecule has 1 aromatic heterocycles. The highest BCUT2D eigenvalue weighted by Crippen LogP contribution is 2.21. The van der Waals surface area contributed by atoms with Gasteiger partial charge >= 0.3 is 5.97 Å². The minimum atomic E-state index is -0.410. The highest BCUT2D eigenvalue weighted by atomic mass is 16.6. The number of ketones is 1. The van der Waals surface area contributed by atoms with Crippen molar-refractivity contribution >= 4 is 11.8 Å². The Labute approximate surface area is 167 Å². The highest BCUT2D eigenvalue weighted by molar-refractivity contribution is 5.81. The average molecular weight is 383 g/mol. The van der Waals surface area contributed by atoms with Crippen molar-refractivity contribution in [2.45, 2.75) is 52.4 Å². The van der Waals surface area contributed by atoms with E-state index in [0.29, 0.717) is 31.1 Å². The van der Waals surface area contributed by atoms with Crippen LogP contribution in [0.4, 0.5) is 0 Å². The summed E-state index contributed by atoms with van der Waals surface area (Å²) in [6.45, 7) is 8.23. The SMILES string of the molecule is CCOC(=O)COc1ccc([C@@H](C)CC(=O)Cc2ccc(C(C)C)cc2)nc1. The molecule has 150 valence electrons. The average Bonchev–Trinajstić information content (AvgIpc) is 2.67. The summed E-state index contributed by atoms with van der Waals surface area (Å²) in [7, 11) is 0. The Hall–Kier alpha value is -2.69. The van der Waals surface area contributed by atoms with Gasteiger partial charge in [-0.3, -0.25) is 9.78 Å². The van der Waals surface area contributed by atoms with E-state index in [4.69, 9.17) is 9.47 Å². The van der Waals surface area contributed by atoms with Crippen molar-refractivity contribution < 1.29 is 19.1 Å². The van der Waals surface area contributed by atoms with E-state index in [1.165, 1.54) is 5.56 Å². The van der Waals surface area contributed by atoms with Gasteiger partial charge in [-0.15, -0.1) is 0 Å². The van der Waals surface area contributed by atoms with E-state index in [-0.39, 0.29) is 18.3 Å². The van der Waals surface area contributed by atoms with Gasteiger partial charge in [0.15, 0.2) is 6.61 Å². The van der Waals surface area contributed by atoms with E-state index in [2.05, 4.69) is 31.0 Å². The number of hydrogen-bond acceptors (Lipinski definition) is 5. The topological polar surface area (TPSA) is 65.5 Å². The first-order valence-electron chi connectivity index (χ1n) is 9.74. The van der Waals surface area contributed by atoms with Crippen LogP contribution in [0.5, 0.6) is 5.75 Å². The summed E-state index contributed by atoms with van der Waals surface area (Å²) in [4.78, 5) is 28.1. The van der Waals surface area contributed by atoms with Crippen LogP contribution in [0, 0.1) is 0 Å². The summed E-state index contributed by atoms with van der Waals surface area (Å²) >= 11 is 0. The van der Waals surface area contributed by atoms with Gasteiger partial charge in [-0.05, 0) is 36.1 Å². The van der Waals surface area contributed by atoms with E-state index in [0.717, 1.165) is 11.3 Å². The molecule has 0 aliphatic rings. The number of Topliss-reactive ketones (excluding diaryl/α,β-unsaturated/α-hetero) is 1. The van der Waals surface area contributed by atoms with Crippen LogP contribution >= 0.6 is 0 Å². The van der Waals surface area contributed by atoms with E-state index < -0.39 is 5.97 Å². The molecule has 0 fully saturated rings. The third-order valence-electron chi connectivity index (χ3n) is 4.51. The second-order valence-electron chi connectivity index (χ2n) is 7.23. The summed E-state index contributed by atoms with van der Waals surface area (Å²) in [5.41, 5.74) is 3.14. The van der Waals surface area contributed by atoms with Crippen LogP contribution in [0.1, 0.15) is 62.8 Å². The second kappa shape index (κ2) is 10.6. The fraction of sp³-hybridized carbons (Fsp3) is 0.435. The molecule has 0 saturated heterocycles. The fourth-order valence-corrected chi connectivity index (χ4v) is 2.88. The van der Waals surface area contributed by atoms with Crippen LogP contribution < -0.4 is 4.74 Å². The van der Waals surface area contributed by atoms with Crippen molar-refractivity contribution in [3.05, 3.63) is 59.4 Å². The maximum absolute atomic E-state index is 12.4. The number of pyridine rings is 1. The zero-order valence-corrected chi connectivity index (χ0v) is 17.1. The number of benzene rings is 1. The van der Waals surface area contributed by atoms with Crippen LogP contribution in [0.15, 0.2) is 42.6 Å². The molecular weight excluding hydrogens is 354 g/mol. The Morgan fingerprint density at radius 2 is 1.75 bits per heavy atom. The summed E-state index contributed by atoms with van der Waals surface area (Å²) in [6, 6.07) is 11.8. The molecule has 28 heavy (non-hydrogen) atoms. The number of nitrogens with zero attached hydrogens (tertiary/aromatic N) is 1. The van der Waals surface area contributed by atoms with Crippen molar-refractivity contribution in [1.29, 1.82) is 0 Å². The largest absolute Gasteiger partial charge is 0.480 e. The molecule has 0 aliphatic carbocycles. The van der Waals surface area contributed by atoms with Gasteiger partial charge in [-0.25, -0.2) is 4.79 Å². The zero-order valence-electron chi connectivity index (χ0n) is 17.1. The number of rotatable bonds is 10. The van der Waals surface area contributed by atoms with Gasteiger partial charge in [0, 0.05) is 24.5 Å². The second-order valence-corrected chi connectivity index (χ2v) is 7.23. The molecule has 5 heteroatoms. The molecule has 2 aromatic rings. The number of ether oxygens (including phenoxy) is 2. The number of carbonyl (C=O) groups excluding carboxylic acids is 2. The minimum Gasteiger partial charge on any atom is -0.480 e. The predicted octanol–water partition coefficient (Wildman–Crippen LogP) is 4.45. The molecule has 0 aliphatic heterocycles. The van der Waals surface area contributed by atoms with Crippen molar-refractivity contribution in [1.82, 2.24) is 4.98 Å². The standard InChI is InChI=1S/C23H29NO4/c1-5-27-23(26)15-28-21-10-11-22(24-14-21)17(4)12-20(25)13-18-6-8-19(9-7-18)16(2)3/h6-11,14,16-17H,5,12-13,15H2,1-4H3/t17-/m0/s1. The van der Waals surface area contributed by atoms with Crippen LogP contribution in [0.3, 0.4) is 0 Å². The lowest BCUT2D eigenvalue weighted by Crippen LogP contribution is -2.14. The lowest BCUT2D eigenvalue weighted by molar-refractivity contribution is -0.145. The molecule has 0 saturated carbocycles. The number of carbonyl (C=O) groups is 2. The van der Waals surface area contributed by atoms with Gasteiger partial charge in [0.25, 0.3) is 0 Å². The van der Waals surface area contributed by atoms with E-state index in [1.54, 1.807) is 19.2 Å². The molecule has 0 bridgehead atoms. The molecule has 1 atom stereocenters. The molecule has 1 heterocycles. The molecule has 5 nitrogen and oxygen atoms in total. The molecule has 0 N–H and O–H groups in total. The summed E-state index contributed by atoms with van der Waals surface area (Å²) in [5, 5.41) is 0. The van der Waals surface area contributed by atoms with E-state index >= 15 is 0 Å². The molecule has 2 rings (SSSR count). The number of aromatic nitrogens is 1. The third kappa shape index (κ3) is 6.80. The van der Waals surface area contributed by atoms with Gasteiger partial charge in [-0.1, -0.05) is 45.0 Å². The van der Waals surface area contributed by atoms with Gasteiger partial charge in [0.2, 0.25) is 0 Å². The number of hydrogen-bond donors (Lipinski definition) is 0. The first-order valence-corrected chi connectivity index (χ1v) is 9.74. The molecule has 0 radical (unpaired) electrons. The summed E-state index contributed by atoms with van der Waals surface area (Å²) in [5.74, 6) is 0.781. The first kappa shape index (κ1) is 21.6. The molecule has 0 spiro atoms. The lowest BCUT2D eigenvalue weighted by atomic mass is 9.95. The van der Waals surface area contributed by atoms with Crippen LogP contribution in [-0.4, -0.2) is 30.0 Å². The summed E-state index contributed by atoms with van der Waals surface area (Å²) in [6.07, 6.45) is 2.44. The summed E-state index contributed by atoms with van der Waals surface area (Å²) < 4.78 is 10.2.